The predicted molar refractivity (Wildman–Crippen MR) is 54.6 cm³/mol. The molecule has 8 nitrogen and oxygen atoms in total. The van der Waals surface area contributed by atoms with Crippen molar-refractivity contribution in [2.24, 2.45) is 5.84 Å². The fraction of sp³-hybridized carbons (Fsp3) is 0.143. The Kier molecular flexibility index (Phi) is 3.42. The molecule has 9 heteroatoms. The van der Waals surface area contributed by atoms with Gasteiger partial charge in [-0.1, -0.05) is 0 Å². The number of rotatable bonds is 4. The zero-order chi connectivity index (χ0) is 12.3. The molecular weight excluding hydrogens is 238 g/mol. The van der Waals surface area contributed by atoms with E-state index in [1.54, 1.807) is 0 Å². The van der Waals surface area contributed by atoms with Gasteiger partial charge in [0.1, 0.15) is 5.75 Å². The Labute approximate surface area is 91.6 Å². The summed E-state index contributed by atoms with van der Waals surface area (Å²) in [6, 6.07) is 4.58. The van der Waals surface area contributed by atoms with Crippen molar-refractivity contribution in [3.05, 3.63) is 34.4 Å². The molecule has 0 saturated carbocycles. The highest BCUT2D eigenvalue weighted by Crippen LogP contribution is 2.18. The number of benzene rings is 1. The molecular formula is C7H9N3O5S. The van der Waals surface area contributed by atoms with Gasteiger partial charge in [-0.25, -0.2) is 0 Å². The normalized spacial score (nSPS) is 11.4. The first-order chi connectivity index (χ1) is 7.33. The lowest BCUT2D eigenvalue weighted by atomic mass is 10.3. The van der Waals surface area contributed by atoms with Crippen molar-refractivity contribution in [2.45, 2.75) is 0 Å². The maximum Gasteiger partial charge on any atom is 0.397 e. The number of nitrogens with zero attached hydrogens (tertiary/aromatic N) is 2. The number of hydrogen-bond donors (Lipinski definition) is 1. The molecule has 0 spiro atoms. The molecule has 0 aliphatic carbocycles. The van der Waals surface area contributed by atoms with Crippen molar-refractivity contribution in [2.75, 3.05) is 7.05 Å². The zero-order valence-corrected chi connectivity index (χ0v) is 9.05. The molecule has 0 radical (unpaired) electrons. The largest absolute Gasteiger partial charge is 0.397 e. The third kappa shape index (κ3) is 2.89. The monoisotopic (exact) mass is 247 g/mol. The highest BCUT2D eigenvalue weighted by Gasteiger charge is 2.16. The highest BCUT2D eigenvalue weighted by atomic mass is 32.2. The van der Waals surface area contributed by atoms with Crippen molar-refractivity contribution in [1.29, 1.82) is 0 Å². The Morgan fingerprint density at radius 2 is 1.88 bits per heavy atom. The van der Waals surface area contributed by atoms with Gasteiger partial charge in [0.2, 0.25) is 0 Å². The first-order valence-electron chi connectivity index (χ1n) is 4.00. The molecule has 1 aromatic rings. The Morgan fingerprint density at radius 1 is 1.38 bits per heavy atom. The first kappa shape index (κ1) is 12.4. The summed E-state index contributed by atoms with van der Waals surface area (Å²) in [7, 11) is -2.95. The Morgan fingerprint density at radius 3 is 2.25 bits per heavy atom. The van der Waals surface area contributed by atoms with Crippen LogP contribution in [-0.2, 0) is 10.3 Å². The third-order valence-electron chi connectivity index (χ3n) is 1.60. The van der Waals surface area contributed by atoms with Gasteiger partial charge in [-0.15, -0.1) is 4.41 Å². The summed E-state index contributed by atoms with van der Waals surface area (Å²) in [4.78, 5) is 9.72. The topological polar surface area (TPSA) is 116 Å². The average Bonchev–Trinajstić information content (AvgIpc) is 2.17. The molecule has 0 aromatic heterocycles. The van der Waals surface area contributed by atoms with E-state index in [2.05, 4.69) is 4.18 Å². The minimum Gasteiger partial charge on any atom is -0.370 e. The van der Waals surface area contributed by atoms with E-state index in [-0.39, 0.29) is 11.4 Å². The molecule has 0 fully saturated rings. The van der Waals surface area contributed by atoms with Gasteiger partial charge in [0.25, 0.3) is 5.69 Å². The van der Waals surface area contributed by atoms with Gasteiger partial charge in [-0.2, -0.15) is 8.42 Å². The van der Waals surface area contributed by atoms with Gasteiger partial charge < -0.3 is 4.18 Å². The van der Waals surface area contributed by atoms with Gasteiger partial charge in [-0.05, 0) is 12.1 Å². The van der Waals surface area contributed by atoms with Crippen molar-refractivity contribution < 1.29 is 17.5 Å². The van der Waals surface area contributed by atoms with Crippen LogP contribution in [-0.4, -0.2) is 24.8 Å². The second-order valence-corrected chi connectivity index (χ2v) is 4.41. The van der Waals surface area contributed by atoms with Crippen molar-refractivity contribution in [3.8, 4) is 5.75 Å². The van der Waals surface area contributed by atoms with E-state index in [4.69, 9.17) is 5.84 Å². The van der Waals surface area contributed by atoms with Crippen LogP contribution in [0, 0.1) is 10.1 Å². The molecule has 2 N–H and O–H groups in total. The van der Waals surface area contributed by atoms with Gasteiger partial charge >= 0.3 is 10.3 Å². The number of nitrogens with two attached hydrogens (primary N) is 1. The standard InChI is InChI=1S/C7H9N3O5S/c1-9(8)16(13,14)15-7-4-2-6(3-5-7)10(11)12/h2-5H,8H2,1H3. The summed E-state index contributed by atoms with van der Waals surface area (Å²) < 4.78 is 27.3. The molecule has 0 aliphatic heterocycles. The van der Waals surface area contributed by atoms with Crippen LogP contribution in [0.3, 0.4) is 0 Å². The van der Waals surface area contributed by atoms with Crippen molar-refractivity contribution >= 4 is 16.0 Å². The maximum atomic E-state index is 11.2. The summed E-state index contributed by atoms with van der Waals surface area (Å²) in [5, 5.41) is 10.3. The molecule has 0 atom stereocenters. The van der Waals surface area contributed by atoms with E-state index in [0.717, 1.165) is 19.2 Å². The molecule has 1 aromatic carbocycles. The average molecular weight is 247 g/mol. The summed E-state index contributed by atoms with van der Waals surface area (Å²) >= 11 is 0. The number of nitro groups is 1. The van der Waals surface area contributed by atoms with Crippen LogP contribution in [0.1, 0.15) is 0 Å². The molecule has 88 valence electrons. The SMILES string of the molecule is CN(N)S(=O)(=O)Oc1ccc([N+](=O)[O-])cc1. The maximum absolute atomic E-state index is 11.2. The quantitative estimate of drug-likeness (QED) is 0.455. The minimum atomic E-state index is -4.04. The Bertz CT molecular complexity index is 481. The van der Waals surface area contributed by atoms with Gasteiger partial charge in [0, 0.05) is 19.2 Å². The van der Waals surface area contributed by atoms with E-state index >= 15 is 0 Å². The molecule has 0 amide bonds. The molecule has 0 unspecified atom stereocenters. The number of nitro benzene ring substituents is 1. The molecule has 0 aliphatic rings. The number of non-ortho nitro benzene ring substituents is 1. The smallest absolute Gasteiger partial charge is 0.370 e. The van der Waals surface area contributed by atoms with Crippen LogP contribution in [0.4, 0.5) is 5.69 Å². The number of hydrazine groups is 1. The molecule has 0 saturated heterocycles. The van der Waals surface area contributed by atoms with Gasteiger partial charge in [0.05, 0.1) is 4.92 Å². The lowest BCUT2D eigenvalue weighted by Gasteiger charge is -2.10. The lowest BCUT2D eigenvalue weighted by Crippen LogP contribution is -2.36. The second kappa shape index (κ2) is 4.43. The fourth-order valence-electron chi connectivity index (χ4n) is 0.804. The van der Waals surface area contributed by atoms with Crippen LogP contribution in [0.25, 0.3) is 0 Å². The number of hydrogen-bond acceptors (Lipinski definition) is 6. The van der Waals surface area contributed by atoms with E-state index < -0.39 is 15.2 Å². The lowest BCUT2D eigenvalue weighted by molar-refractivity contribution is -0.384. The van der Waals surface area contributed by atoms with Crippen LogP contribution < -0.4 is 10.0 Å². The Balaban J connectivity index is 2.89. The molecule has 16 heavy (non-hydrogen) atoms. The fourth-order valence-corrected chi connectivity index (χ4v) is 1.28. The summed E-state index contributed by atoms with van der Waals surface area (Å²) in [6.07, 6.45) is 0. The molecule has 0 heterocycles. The Hall–Kier alpha value is -1.71. The minimum absolute atomic E-state index is 0.0529. The van der Waals surface area contributed by atoms with E-state index in [1.165, 1.54) is 12.1 Å². The van der Waals surface area contributed by atoms with Gasteiger partial charge in [0.15, 0.2) is 0 Å². The molecule has 0 bridgehead atoms. The van der Waals surface area contributed by atoms with Crippen LogP contribution in [0.2, 0.25) is 0 Å². The predicted octanol–water partition coefficient (Wildman–Crippen LogP) is 0.0239. The highest BCUT2D eigenvalue weighted by molar-refractivity contribution is 7.84. The second-order valence-electron chi connectivity index (χ2n) is 2.81. The third-order valence-corrected chi connectivity index (χ3v) is 2.71. The summed E-state index contributed by atoms with van der Waals surface area (Å²) in [5.74, 6) is 4.96. The van der Waals surface area contributed by atoms with E-state index in [9.17, 15) is 18.5 Å². The van der Waals surface area contributed by atoms with Gasteiger partial charge in [-0.3, -0.25) is 16.0 Å². The van der Waals surface area contributed by atoms with Crippen LogP contribution >= 0.6 is 0 Å². The van der Waals surface area contributed by atoms with Crippen molar-refractivity contribution in [3.63, 3.8) is 0 Å². The van der Waals surface area contributed by atoms with Crippen LogP contribution in [0.15, 0.2) is 24.3 Å². The van der Waals surface area contributed by atoms with E-state index in [1.807, 2.05) is 0 Å². The molecule has 1 rings (SSSR count). The van der Waals surface area contributed by atoms with Crippen molar-refractivity contribution in [1.82, 2.24) is 4.41 Å². The zero-order valence-electron chi connectivity index (χ0n) is 8.23. The van der Waals surface area contributed by atoms with E-state index in [0.29, 0.717) is 4.41 Å². The summed E-state index contributed by atoms with van der Waals surface area (Å²) in [6.45, 7) is 0. The summed E-state index contributed by atoms with van der Waals surface area (Å²) in [5.41, 5.74) is -0.161. The first-order valence-corrected chi connectivity index (χ1v) is 5.37. The van der Waals surface area contributed by atoms with Crippen LogP contribution in [0.5, 0.6) is 5.75 Å².